The Bertz CT molecular complexity index is 380. The molecule has 4 nitrogen and oxygen atoms in total. The van der Waals surface area contributed by atoms with Crippen LogP contribution in [-0.4, -0.2) is 18.6 Å². The van der Waals surface area contributed by atoms with Crippen LogP contribution in [0.2, 0.25) is 0 Å². The Kier molecular flexibility index (Phi) is 2.23. The van der Waals surface area contributed by atoms with Gasteiger partial charge in [-0.2, -0.15) is 5.10 Å². The lowest BCUT2D eigenvalue weighted by Gasteiger charge is -1.95. The molecule has 1 aromatic heterocycles. The van der Waals surface area contributed by atoms with Crippen molar-refractivity contribution in [2.24, 2.45) is 0 Å². The van der Waals surface area contributed by atoms with Gasteiger partial charge >= 0.3 is 0 Å². The van der Waals surface area contributed by atoms with E-state index in [0.29, 0.717) is 5.69 Å². The van der Waals surface area contributed by atoms with E-state index in [2.05, 4.69) is 16.8 Å². The van der Waals surface area contributed by atoms with Crippen LogP contribution in [0.3, 0.4) is 0 Å². The number of rotatable bonds is 2. The van der Waals surface area contributed by atoms with Gasteiger partial charge in [0, 0.05) is 5.41 Å². The molecule has 0 aliphatic rings. The molecule has 0 aromatic carbocycles. The summed E-state index contributed by atoms with van der Waals surface area (Å²) < 4.78 is 22.2. The Balaban J connectivity index is 3.23. The van der Waals surface area contributed by atoms with Crippen molar-refractivity contribution in [2.75, 3.05) is 0 Å². The molecular weight excluding hydrogens is 176 g/mol. The molecule has 1 heterocycles. The smallest absolute Gasteiger partial charge is 0.217 e. The molecule has 0 amide bonds. The molecule has 0 saturated heterocycles. The molecule has 1 aromatic rings. The van der Waals surface area contributed by atoms with E-state index in [4.69, 9.17) is 0 Å². The molecule has 5 heteroatoms. The van der Waals surface area contributed by atoms with E-state index >= 15 is 0 Å². The Hall–Kier alpha value is -1.23. The minimum atomic E-state index is -3.42. The van der Waals surface area contributed by atoms with Crippen LogP contribution in [0, 0.1) is 6.92 Å². The first-order valence-corrected chi connectivity index (χ1v) is 4.79. The predicted octanol–water partition coefficient (Wildman–Crippen LogP) is 0.702. The van der Waals surface area contributed by atoms with Crippen molar-refractivity contribution in [3.05, 3.63) is 29.8 Å². The summed E-state index contributed by atoms with van der Waals surface area (Å²) in [5.41, 5.74) is 0.679. The van der Waals surface area contributed by atoms with Gasteiger partial charge in [0.2, 0.25) is 9.84 Å². The fourth-order valence-electron chi connectivity index (χ4n) is 0.624. The van der Waals surface area contributed by atoms with Gasteiger partial charge in [-0.15, -0.1) is 5.10 Å². The molecule has 0 bridgehead atoms. The number of hydrogen-bond acceptors (Lipinski definition) is 4. The molecule has 0 aliphatic carbocycles. The molecule has 64 valence electrons. The van der Waals surface area contributed by atoms with Crippen molar-refractivity contribution in [1.82, 2.24) is 10.2 Å². The molecule has 0 N–H and O–H groups in total. The predicted molar refractivity (Wildman–Crippen MR) is 44.2 cm³/mol. The van der Waals surface area contributed by atoms with Crippen LogP contribution in [0.1, 0.15) is 5.69 Å². The van der Waals surface area contributed by atoms with Crippen molar-refractivity contribution >= 4 is 9.84 Å². The summed E-state index contributed by atoms with van der Waals surface area (Å²) in [6.07, 6.45) is 0. The fraction of sp³-hybridized carbons (Fsp3) is 0.143. The minimum absolute atomic E-state index is 0.0666. The van der Waals surface area contributed by atoms with Crippen molar-refractivity contribution in [2.45, 2.75) is 11.9 Å². The number of aryl methyl sites for hydroxylation is 1. The number of sulfone groups is 1. The van der Waals surface area contributed by atoms with Crippen LogP contribution < -0.4 is 0 Å². The average molecular weight is 184 g/mol. The molecule has 1 rings (SSSR count). The van der Waals surface area contributed by atoms with Gasteiger partial charge in [-0.3, -0.25) is 0 Å². The zero-order valence-corrected chi connectivity index (χ0v) is 7.37. The summed E-state index contributed by atoms with van der Waals surface area (Å²) in [6.45, 7) is 4.91. The second-order valence-corrected chi connectivity index (χ2v) is 4.07. The standard InChI is InChI=1S/C7H8N2O2S/c1-3-12(10,11)7-5-4-6(2)8-9-7/h3-5H,1H2,2H3. The van der Waals surface area contributed by atoms with E-state index in [1.54, 1.807) is 13.0 Å². The summed E-state index contributed by atoms with van der Waals surface area (Å²) in [5, 5.41) is 7.91. The summed E-state index contributed by atoms with van der Waals surface area (Å²) in [5.74, 6) is 0. The van der Waals surface area contributed by atoms with Crippen LogP contribution in [0.4, 0.5) is 0 Å². The van der Waals surface area contributed by atoms with Crippen molar-refractivity contribution in [1.29, 1.82) is 0 Å². The second kappa shape index (κ2) is 3.02. The second-order valence-electron chi connectivity index (χ2n) is 2.22. The van der Waals surface area contributed by atoms with Gasteiger partial charge in [-0.05, 0) is 19.1 Å². The Morgan fingerprint density at radius 1 is 1.42 bits per heavy atom. The first kappa shape index (κ1) is 8.86. The molecule has 0 fully saturated rings. The first-order valence-electron chi connectivity index (χ1n) is 3.24. The number of aromatic nitrogens is 2. The van der Waals surface area contributed by atoms with Gasteiger partial charge in [0.25, 0.3) is 0 Å². The molecular formula is C7H8N2O2S. The van der Waals surface area contributed by atoms with Crippen LogP contribution >= 0.6 is 0 Å². The van der Waals surface area contributed by atoms with E-state index < -0.39 is 9.84 Å². The molecule has 0 radical (unpaired) electrons. The number of hydrogen-bond donors (Lipinski definition) is 0. The van der Waals surface area contributed by atoms with Gasteiger partial charge < -0.3 is 0 Å². The van der Waals surface area contributed by atoms with Gasteiger partial charge in [0.1, 0.15) is 0 Å². The summed E-state index contributed by atoms with van der Waals surface area (Å²) in [4.78, 5) is 0. The lowest BCUT2D eigenvalue weighted by atomic mass is 10.4. The quantitative estimate of drug-likeness (QED) is 0.679. The summed E-state index contributed by atoms with van der Waals surface area (Å²) >= 11 is 0. The zero-order valence-electron chi connectivity index (χ0n) is 6.56. The molecule has 0 aliphatic heterocycles. The lowest BCUT2D eigenvalue weighted by molar-refractivity contribution is 0.598. The molecule has 0 unspecified atom stereocenters. The third kappa shape index (κ3) is 1.68. The van der Waals surface area contributed by atoms with Crippen molar-refractivity contribution in [3.63, 3.8) is 0 Å². The minimum Gasteiger partial charge on any atom is -0.217 e. The zero-order chi connectivity index (χ0) is 9.19. The van der Waals surface area contributed by atoms with Crippen LogP contribution in [0.5, 0.6) is 0 Å². The maximum absolute atomic E-state index is 11.1. The topological polar surface area (TPSA) is 59.9 Å². The Morgan fingerprint density at radius 3 is 2.50 bits per heavy atom. The molecule has 0 spiro atoms. The SMILES string of the molecule is C=CS(=O)(=O)c1ccc(C)nn1. The van der Waals surface area contributed by atoms with E-state index in [1.165, 1.54) is 6.07 Å². The largest absolute Gasteiger partial charge is 0.218 e. The fourth-order valence-corrected chi connectivity index (χ4v) is 1.21. The maximum Gasteiger partial charge on any atom is 0.218 e. The van der Waals surface area contributed by atoms with Crippen LogP contribution in [0.25, 0.3) is 0 Å². The van der Waals surface area contributed by atoms with E-state index in [9.17, 15) is 8.42 Å². The summed E-state index contributed by atoms with van der Waals surface area (Å²) in [7, 11) is -3.42. The van der Waals surface area contributed by atoms with Gasteiger partial charge in [-0.25, -0.2) is 8.42 Å². The van der Waals surface area contributed by atoms with Crippen LogP contribution in [-0.2, 0) is 9.84 Å². The average Bonchev–Trinajstić information content (AvgIpc) is 2.05. The lowest BCUT2D eigenvalue weighted by Crippen LogP contribution is -2.00. The van der Waals surface area contributed by atoms with Gasteiger partial charge in [0.05, 0.1) is 5.69 Å². The molecule has 0 saturated carbocycles. The van der Waals surface area contributed by atoms with Crippen LogP contribution in [0.15, 0.2) is 29.1 Å². The third-order valence-electron chi connectivity index (χ3n) is 1.28. The van der Waals surface area contributed by atoms with E-state index in [0.717, 1.165) is 5.41 Å². The highest BCUT2D eigenvalue weighted by Gasteiger charge is 2.10. The van der Waals surface area contributed by atoms with Gasteiger partial charge in [0.15, 0.2) is 5.03 Å². The Labute approximate surface area is 70.9 Å². The number of nitrogens with zero attached hydrogens (tertiary/aromatic N) is 2. The van der Waals surface area contributed by atoms with Crippen molar-refractivity contribution in [3.8, 4) is 0 Å². The maximum atomic E-state index is 11.1. The van der Waals surface area contributed by atoms with Gasteiger partial charge in [-0.1, -0.05) is 6.58 Å². The highest BCUT2D eigenvalue weighted by Crippen LogP contribution is 2.06. The van der Waals surface area contributed by atoms with Crippen molar-refractivity contribution < 1.29 is 8.42 Å². The molecule has 12 heavy (non-hydrogen) atoms. The first-order chi connectivity index (χ1) is 5.56. The highest BCUT2D eigenvalue weighted by atomic mass is 32.2. The van der Waals surface area contributed by atoms with E-state index in [-0.39, 0.29) is 5.03 Å². The van der Waals surface area contributed by atoms with E-state index in [1.807, 2.05) is 0 Å². The molecule has 0 atom stereocenters. The monoisotopic (exact) mass is 184 g/mol. The Morgan fingerprint density at radius 2 is 2.08 bits per heavy atom. The summed E-state index contributed by atoms with van der Waals surface area (Å²) in [6, 6.07) is 2.99. The normalized spacial score (nSPS) is 11.1. The highest BCUT2D eigenvalue weighted by molar-refractivity contribution is 7.94. The third-order valence-corrected chi connectivity index (χ3v) is 2.52.